The van der Waals surface area contributed by atoms with Crippen molar-refractivity contribution in [1.29, 1.82) is 5.26 Å². The van der Waals surface area contributed by atoms with Crippen LogP contribution in [-0.2, 0) is 17.6 Å². The molecule has 2 heterocycles. The van der Waals surface area contributed by atoms with Gasteiger partial charge in [-0.15, -0.1) is 12.4 Å². The van der Waals surface area contributed by atoms with Gasteiger partial charge in [-0.2, -0.15) is 10.2 Å². The van der Waals surface area contributed by atoms with Crippen LogP contribution in [0, 0.1) is 11.3 Å². The molecule has 0 bridgehead atoms. The van der Waals surface area contributed by atoms with Gasteiger partial charge in [-0.05, 0) is 75.9 Å². The van der Waals surface area contributed by atoms with E-state index in [1.165, 1.54) is 11.1 Å². The molecule has 2 N–H and O–H groups in total. The Morgan fingerprint density at radius 1 is 1.13 bits per heavy atom. The van der Waals surface area contributed by atoms with Gasteiger partial charge in [0.1, 0.15) is 11.8 Å². The summed E-state index contributed by atoms with van der Waals surface area (Å²) in [5.41, 5.74) is 4.36. The monoisotopic (exact) mass is 539 g/mol. The van der Waals surface area contributed by atoms with Crippen molar-refractivity contribution in [1.82, 2.24) is 20.4 Å². The van der Waals surface area contributed by atoms with E-state index in [1.807, 2.05) is 26.8 Å². The maximum absolute atomic E-state index is 12.5. The number of nitriles is 1. The van der Waals surface area contributed by atoms with Gasteiger partial charge in [0.2, 0.25) is 11.7 Å². The van der Waals surface area contributed by atoms with Crippen LogP contribution in [0.15, 0.2) is 40.9 Å². The summed E-state index contributed by atoms with van der Waals surface area (Å²) < 4.78 is 11.2. The van der Waals surface area contributed by atoms with E-state index >= 15 is 0 Å². The molecule has 1 aliphatic rings. The molecule has 0 fully saturated rings. The molecule has 1 unspecified atom stereocenters. The third-order valence-corrected chi connectivity index (χ3v) is 6.53. The van der Waals surface area contributed by atoms with E-state index in [0.29, 0.717) is 28.6 Å². The lowest BCUT2D eigenvalue weighted by molar-refractivity contribution is -0.126. The Hall–Kier alpha value is -3.45. The Morgan fingerprint density at radius 2 is 1.84 bits per heavy atom. The predicted molar refractivity (Wildman–Crippen MR) is 146 cm³/mol. The molecule has 0 saturated carbocycles. The van der Waals surface area contributed by atoms with Crippen molar-refractivity contribution in [3.8, 4) is 34.7 Å². The molecule has 4 rings (SSSR count). The van der Waals surface area contributed by atoms with Gasteiger partial charge in [-0.3, -0.25) is 9.69 Å². The second-order valence-corrected chi connectivity index (χ2v) is 9.70. The van der Waals surface area contributed by atoms with Crippen molar-refractivity contribution in [2.45, 2.75) is 58.7 Å². The number of halogens is 1. The SMILES string of the molecule is CC(C)Oc1ccc(-c2nc(-c3ccc4c(c3)CCN(C(C)C(=O)N[C@H](C)CO)CC4)no2)cc1C#N.Cl. The van der Waals surface area contributed by atoms with Crippen LogP contribution < -0.4 is 10.1 Å². The summed E-state index contributed by atoms with van der Waals surface area (Å²) in [4.78, 5) is 19.3. The fourth-order valence-electron chi connectivity index (χ4n) is 4.41. The Bertz CT molecular complexity index is 1300. The molecule has 0 aliphatic carbocycles. The lowest BCUT2D eigenvalue weighted by Crippen LogP contribution is -2.49. The van der Waals surface area contributed by atoms with Crippen molar-refractivity contribution >= 4 is 18.3 Å². The zero-order valence-electron chi connectivity index (χ0n) is 22.1. The molecule has 10 heteroatoms. The van der Waals surface area contributed by atoms with Gasteiger partial charge >= 0.3 is 0 Å². The normalized spacial score (nSPS) is 15.0. The summed E-state index contributed by atoms with van der Waals surface area (Å²) in [5, 5.41) is 25.8. The van der Waals surface area contributed by atoms with Crippen LogP contribution in [0.2, 0.25) is 0 Å². The molecule has 0 spiro atoms. The second-order valence-electron chi connectivity index (χ2n) is 9.70. The molecular formula is C28H34ClN5O4. The highest BCUT2D eigenvalue weighted by Gasteiger charge is 2.25. The van der Waals surface area contributed by atoms with Gasteiger partial charge < -0.3 is 19.7 Å². The summed E-state index contributed by atoms with van der Waals surface area (Å²) in [6.45, 7) is 8.95. The van der Waals surface area contributed by atoms with Crippen LogP contribution in [0.1, 0.15) is 44.4 Å². The zero-order valence-corrected chi connectivity index (χ0v) is 22.9. The Balaban J connectivity index is 0.00000400. The van der Waals surface area contributed by atoms with Crippen LogP contribution in [0.4, 0.5) is 0 Å². The third-order valence-electron chi connectivity index (χ3n) is 6.53. The first-order valence-corrected chi connectivity index (χ1v) is 12.6. The van der Waals surface area contributed by atoms with E-state index in [4.69, 9.17) is 9.26 Å². The number of benzene rings is 2. The number of nitrogens with one attached hydrogen (secondary N) is 1. The number of carbonyl (C=O) groups is 1. The van der Waals surface area contributed by atoms with Crippen LogP contribution in [0.25, 0.3) is 22.8 Å². The minimum atomic E-state index is -0.279. The number of aliphatic hydroxyl groups excluding tert-OH is 1. The van der Waals surface area contributed by atoms with Crippen molar-refractivity contribution in [3.05, 3.63) is 53.1 Å². The largest absolute Gasteiger partial charge is 0.490 e. The predicted octanol–water partition coefficient (Wildman–Crippen LogP) is 3.77. The minimum Gasteiger partial charge on any atom is -0.490 e. The van der Waals surface area contributed by atoms with Crippen molar-refractivity contribution in [2.24, 2.45) is 0 Å². The fourth-order valence-corrected chi connectivity index (χ4v) is 4.41. The summed E-state index contributed by atoms with van der Waals surface area (Å²) in [6, 6.07) is 13.0. The molecule has 0 saturated heterocycles. The van der Waals surface area contributed by atoms with E-state index in [1.54, 1.807) is 25.1 Å². The molecule has 202 valence electrons. The van der Waals surface area contributed by atoms with Crippen molar-refractivity contribution in [2.75, 3.05) is 19.7 Å². The smallest absolute Gasteiger partial charge is 0.258 e. The molecular weight excluding hydrogens is 506 g/mol. The van der Waals surface area contributed by atoms with E-state index in [9.17, 15) is 15.2 Å². The van der Waals surface area contributed by atoms with Gasteiger partial charge in [-0.1, -0.05) is 17.3 Å². The number of carbonyl (C=O) groups excluding carboxylic acids is 1. The number of nitrogens with zero attached hydrogens (tertiary/aromatic N) is 4. The first-order chi connectivity index (χ1) is 17.8. The topological polar surface area (TPSA) is 125 Å². The number of aliphatic hydroxyl groups is 1. The number of hydrogen-bond donors (Lipinski definition) is 2. The summed E-state index contributed by atoms with van der Waals surface area (Å²) >= 11 is 0. The van der Waals surface area contributed by atoms with Gasteiger partial charge in [-0.25, -0.2) is 0 Å². The summed E-state index contributed by atoms with van der Waals surface area (Å²) in [6.07, 6.45) is 1.59. The molecule has 2 atom stereocenters. The van der Waals surface area contributed by atoms with E-state index in [0.717, 1.165) is 31.5 Å². The van der Waals surface area contributed by atoms with E-state index < -0.39 is 0 Å². The quantitative estimate of drug-likeness (QED) is 0.443. The van der Waals surface area contributed by atoms with Crippen LogP contribution >= 0.6 is 12.4 Å². The molecule has 1 aromatic heterocycles. The molecule has 1 amide bonds. The molecule has 38 heavy (non-hydrogen) atoms. The third kappa shape index (κ3) is 6.70. The van der Waals surface area contributed by atoms with Gasteiger partial charge in [0.05, 0.1) is 24.3 Å². The van der Waals surface area contributed by atoms with E-state index in [-0.39, 0.29) is 43.1 Å². The standard InChI is InChI=1S/C28H33N5O4.ClH/c1-17(2)36-25-8-7-23(14-24(25)15-29)28-31-26(32-37-28)22-6-5-20-9-11-33(12-10-21(20)13-22)19(4)27(35)30-18(3)16-34;/h5-8,13-14,17-19,34H,9-12,16H2,1-4H3,(H,30,35);1H/t18-,19?;/m1./s1. The molecule has 0 radical (unpaired) electrons. The maximum atomic E-state index is 12.5. The molecule has 3 aromatic rings. The number of aromatic nitrogens is 2. The highest BCUT2D eigenvalue weighted by atomic mass is 35.5. The number of fused-ring (bicyclic) bond motifs is 1. The van der Waals surface area contributed by atoms with Crippen LogP contribution in [-0.4, -0.2) is 63.9 Å². The number of amides is 1. The highest BCUT2D eigenvalue weighted by Crippen LogP contribution is 2.29. The van der Waals surface area contributed by atoms with Gasteiger partial charge in [0.25, 0.3) is 5.89 Å². The van der Waals surface area contributed by atoms with Crippen LogP contribution in [0.3, 0.4) is 0 Å². The van der Waals surface area contributed by atoms with Crippen molar-refractivity contribution in [3.63, 3.8) is 0 Å². The highest BCUT2D eigenvalue weighted by molar-refractivity contribution is 5.85. The fraction of sp³-hybridized carbons (Fsp3) is 0.429. The van der Waals surface area contributed by atoms with Crippen molar-refractivity contribution < 1.29 is 19.2 Å². The van der Waals surface area contributed by atoms with Gasteiger partial charge in [0, 0.05) is 30.3 Å². The summed E-state index contributed by atoms with van der Waals surface area (Å²) in [7, 11) is 0. The molecule has 1 aliphatic heterocycles. The average Bonchev–Trinajstić information content (AvgIpc) is 3.29. The maximum Gasteiger partial charge on any atom is 0.258 e. The van der Waals surface area contributed by atoms with E-state index in [2.05, 4.69) is 38.6 Å². The van der Waals surface area contributed by atoms with Gasteiger partial charge in [0.15, 0.2) is 0 Å². The average molecular weight is 540 g/mol. The molecule has 2 aromatic carbocycles. The number of rotatable bonds is 8. The Kier molecular flexibility index (Phi) is 9.86. The lowest BCUT2D eigenvalue weighted by atomic mass is 10.00. The number of ether oxygens (including phenoxy) is 1. The van der Waals surface area contributed by atoms with Crippen LogP contribution in [0.5, 0.6) is 5.75 Å². The first-order valence-electron chi connectivity index (χ1n) is 12.6. The summed E-state index contributed by atoms with van der Waals surface area (Å²) in [5.74, 6) is 1.26. The second kappa shape index (κ2) is 12.9. The molecule has 9 nitrogen and oxygen atoms in total. The number of hydrogen-bond acceptors (Lipinski definition) is 8. The Morgan fingerprint density at radius 3 is 2.53 bits per heavy atom. The lowest BCUT2D eigenvalue weighted by Gasteiger charge is -2.27. The first kappa shape index (κ1) is 29.1. The zero-order chi connectivity index (χ0) is 26.5. The minimum absolute atomic E-state index is 0. The Labute approximate surface area is 229 Å².